The number of hydrogen-bond donors (Lipinski definition) is 1. The molecule has 0 bridgehead atoms. The van der Waals surface area contributed by atoms with E-state index in [1.807, 2.05) is 12.1 Å². The second kappa shape index (κ2) is 7.30. The first-order chi connectivity index (χ1) is 15.1. The van der Waals surface area contributed by atoms with E-state index in [0.717, 1.165) is 74.6 Å². The largest absolute Gasteiger partial charge is 0.369 e. The SMILES string of the molecule is O=c1[nH]c(C2=CC(N3CCN(c4ccc(F)cc4)CC3)CC2)nc2c1CC1(CC2)CC1. The molecule has 1 saturated carbocycles. The van der Waals surface area contributed by atoms with Crippen molar-refractivity contribution in [2.45, 2.75) is 51.0 Å². The van der Waals surface area contributed by atoms with Crippen LogP contribution >= 0.6 is 0 Å². The Bertz CT molecular complexity index is 1080. The standard InChI is InChI=1S/C25H29FN4O/c26-18-2-5-19(6-3-18)29-11-13-30(14-12-29)20-4-1-17(15-20)23-27-22-7-8-25(9-10-25)16-21(22)24(31)28-23/h2-3,5-6,15,20H,1,4,7-14,16H2,(H,27,28,31). The van der Waals surface area contributed by atoms with Gasteiger partial charge in [0.1, 0.15) is 11.6 Å². The first-order valence-corrected chi connectivity index (χ1v) is 11.7. The topological polar surface area (TPSA) is 52.2 Å². The van der Waals surface area contributed by atoms with E-state index in [-0.39, 0.29) is 11.4 Å². The maximum atomic E-state index is 13.2. The summed E-state index contributed by atoms with van der Waals surface area (Å²) in [5, 5.41) is 0. The Morgan fingerprint density at radius 1 is 1.03 bits per heavy atom. The number of hydrogen-bond acceptors (Lipinski definition) is 4. The maximum absolute atomic E-state index is 13.2. The number of nitrogens with zero attached hydrogens (tertiary/aromatic N) is 3. The molecule has 162 valence electrons. The van der Waals surface area contributed by atoms with E-state index in [2.05, 4.69) is 20.9 Å². The highest BCUT2D eigenvalue weighted by molar-refractivity contribution is 5.63. The Balaban J connectivity index is 1.14. The van der Waals surface area contributed by atoms with Crippen molar-refractivity contribution in [3.8, 4) is 0 Å². The molecule has 2 fully saturated rings. The fourth-order valence-corrected chi connectivity index (χ4v) is 5.69. The number of anilines is 1. The van der Waals surface area contributed by atoms with Crippen LogP contribution in [0.2, 0.25) is 0 Å². The van der Waals surface area contributed by atoms with Gasteiger partial charge in [-0.05, 0) is 80.2 Å². The van der Waals surface area contributed by atoms with Crippen LogP contribution in [0.1, 0.15) is 49.2 Å². The van der Waals surface area contributed by atoms with E-state index in [4.69, 9.17) is 4.98 Å². The van der Waals surface area contributed by atoms with Crippen molar-refractivity contribution in [1.82, 2.24) is 14.9 Å². The van der Waals surface area contributed by atoms with Crippen LogP contribution in [0.4, 0.5) is 10.1 Å². The smallest absolute Gasteiger partial charge is 0.254 e. The number of benzene rings is 1. The zero-order valence-electron chi connectivity index (χ0n) is 17.9. The third-order valence-corrected chi connectivity index (χ3v) is 7.88. The quantitative estimate of drug-likeness (QED) is 0.825. The van der Waals surface area contributed by atoms with Crippen LogP contribution in [0.25, 0.3) is 5.57 Å². The second-order valence-corrected chi connectivity index (χ2v) is 9.81. The van der Waals surface area contributed by atoms with E-state index >= 15 is 0 Å². The zero-order chi connectivity index (χ0) is 21.0. The summed E-state index contributed by atoms with van der Waals surface area (Å²) in [5.74, 6) is 0.606. The zero-order valence-corrected chi connectivity index (χ0v) is 17.9. The lowest BCUT2D eigenvalue weighted by atomic mass is 9.84. The second-order valence-electron chi connectivity index (χ2n) is 9.81. The number of rotatable bonds is 3. The predicted molar refractivity (Wildman–Crippen MR) is 120 cm³/mol. The summed E-state index contributed by atoms with van der Waals surface area (Å²) in [4.78, 5) is 25.6. The summed E-state index contributed by atoms with van der Waals surface area (Å²) < 4.78 is 13.2. The van der Waals surface area contributed by atoms with Crippen molar-refractivity contribution >= 4 is 11.3 Å². The average Bonchev–Trinajstić information content (AvgIpc) is 3.35. The van der Waals surface area contributed by atoms with Crippen molar-refractivity contribution in [2.75, 3.05) is 31.1 Å². The Hall–Kier alpha value is -2.47. The van der Waals surface area contributed by atoms with Crippen molar-refractivity contribution in [3.05, 3.63) is 63.6 Å². The molecule has 6 heteroatoms. The van der Waals surface area contributed by atoms with Crippen molar-refractivity contribution in [3.63, 3.8) is 0 Å². The molecule has 1 atom stereocenters. The van der Waals surface area contributed by atoms with E-state index in [1.165, 1.54) is 37.0 Å². The van der Waals surface area contributed by atoms with Gasteiger partial charge in [-0.1, -0.05) is 6.08 Å². The number of nitrogens with one attached hydrogen (secondary N) is 1. The van der Waals surface area contributed by atoms with E-state index in [1.54, 1.807) is 0 Å². The normalized spacial score (nSPS) is 24.9. The number of aromatic nitrogens is 2. The van der Waals surface area contributed by atoms with Gasteiger partial charge in [-0.25, -0.2) is 9.37 Å². The molecule has 6 rings (SSSR count). The Kier molecular flexibility index (Phi) is 4.53. The molecule has 5 nitrogen and oxygen atoms in total. The number of piperazine rings is 1. The summed E-state index contributed by atoms with van der Waals surface area (Å²) in [6, 6.07) is 7.19. The lowest BCUT2D eigenvalue weighted by Gasteiger charge is -2.38. The van der Waals surface area contributed by atoms with Gasteiger partial charge in [0.2, 0.25) is 0 Å². The van der Waals surface area contributed by atoms with Crippen LogP contribution in [0, 0.1) is 11.2 Å². The predicted octanol–water partition coefficient (Wildman–Crippen LogP) is 3.55. The lowest BCUT2D eigenvalue weighted by Crippen LogP contribution is -2.49. The molecule has 1 saturated heterocycles. The number of H-pyrrole nitrogens is 1. The molecular weight excluding hydrogens is 391 g/mol. The van der Waals surface area contributed by atoms with Crippen molar-refractivity contribution < 1.29 is 4.39 Å². The molecule has 4 aliphatic rings. The lowest BCUT2D eigenvalue weighted by molar-refractivity contribution is 0.214. The number of aryl methyl sites for hydroxylation is 1. The third kappa shape index (κ3) is 3.61. The highest BCUT2D eigenvalue weighted by Gasteiger charge is 2.45. The van der Waals surface area contributed by atoms with E-state index in [9.17, 15) is 9.18 Å². The molecule has 1 aromatic carbocycles. The highest BCUT2D eigenvalue weighted by Crippen LogP contribution is 2.53. The van der Waals surface area contributed by atoms with Crippen LogP contribution in [0.5, 0.6) is 0 Å². The Labute approximate surface area is 182 Å². The van der Waals surface area contributed by atoms with E-state index in [0.29, 0.717) is 11.5 Å². The fraction of sp³-hybridized carbons (Fsp3) is 0.520. The molecule has 1 aromatic heterocycles. The summed E-state index contributed by atoms with van der Waals surface area (Å²) in [7, 11) is 0. The minimum atomic E-state index is -0.188. The summed E-state index contributed by atoms with van der Waals surface area (Å²) in [6.45, 7) is 3.87. The molecule has 1 spiro atoms. The van der Waals surface area contributed by atoms with Crippen LogP contribution in [0.15, 0.2) is 35.1 Å². The van der Waals surface area contributed by atoms with Gasteiger partial charge >= 0.3 is 0 Å². The molecule has 31 heavy (non-hydrogen) atoms. The van der Waals surface area contributed by atoms with Gasteiger partial charge in [0.15, 0.2) is 0 Å². The molecule has 1 unspecified atom stereocenters. The molecular formula is C25H29FN4O. The molecule has 0 amide bonds. The summed E-state index contributed by atoms with van der Waals surface area (Å²) in [5.41, 5.74) is 4.78. The van der Waals surface area contributed by atoms with Gasteiger partial charge in [0.05, 0.1) is 5.69 Å². The first-order valence-electron chi connectivity index (χ1n) is 11.7. The van der Waals surface area contributed by atoms with Gasteiger partial charge in [-0.2, -0.15) is 0 Å². The number of halogens is 1. The van der Waals surface area contributed by atoms with Crippen LogP contribution in [0.3, 0.4) is 0 Å². The van der Waals surface area contributed by atoms with Gasteiger partial charge in [-0.3, -0.25) is 9.69 Å². The van der Waals surface area contributed by atoms with E-state index < -0.39 is 0 Å². The fourth-order valence-electron chi connectivity index (χ4n) is 5.69. The van der Waals surface area contributed by atoms with Crippen molar-refractivity contribution in [2.24, 2.45) is 5.41 Å². The van der Waals surface area contributed by atoms with Gasteiger partial charge in [0.25, 0.3) is 5.56 Å². The van der Waals surface area contributed by atoms with Gasteiger partial charge in [0, 0.05) is 43.5 Å². The number of fused-ring (bicyclic) bond motifs is 1. The monoisotopic (exact) mass is 420 g/mol. The molecule has 1 aliphatic heterocycles. The van der Waals surface area contributed by atoms with Crippen LogP contribution in [-0.4, -0.2) is 47.1 Å². The maximum Gasteiger partial charge on any atom is 0.254 e. The summed E-state index contributed by atoms with van der Waals surface area (Å²) in [6.07, 6.45) is 9.98. The van der Waals surface area contributed by atoms with Crippen molar-refractivity contribution in [1.29, 1.82) is 0 Å². The van der Waals surface area contributed by atoms with Crippen LogP contribution < -0.4 is 10.5 Å². The Morgan fingerprint density at radius 3 is 2.55 bits per heavy atom. The minimum absolute atomic E-state index is 0.0863. The van der Waals surface area contributed by atoms with Gasteiger partial charge < -0.3 is 9.88 Å². The van der Waals surface area contributed by atoms with Crippen LogP contribution in [-0.2, 0) is 12.8 Å². The first kappa shape index (κ1) is 19.2. The number of aromatic amines is 1. The molecule has 3 aliphatic carbocycles. The molecule has 2 heterocycles. The Morgan fingerprint density at radius 2 is 1.81 bits per heavy atom. The summed E-state index contributed by atoms with van der Waals surface area (Å²) >= 11 is 0. The highest BCUT2D eigenvalue weighted by atomic mass is 19.1. The molecule has 0 radical (unpaired) electrons. The number of allylic oxidation sites excluding steroid dienone is 1. The molecule has 2 aromatic rings. The van der Waals surface area contributed by atoms with Gasteiger partial charge in [-0.15, -0.1) is 0 Å². The molecule has 1 N–H and O–H groups in total. The minimum Gasteiger partial charge on any atom is -0.369 e. The third-order valence-electron chi connectivity index (χ3n) is 7.88. The average molecular weight is 421 g/mol.